The molecule has 0 spiro atoms. The molecule has 0 atom stereocenters. The second-order valence-electron chi connectivity index (χ2n) is 5.02. The molecule has 0 aliphatic carbocycles. The van der Waals surface area contributed by atoms with Crippen molar-refractivity contribution in [2.75, 3.05) is 11.9 Å². The number of esters is 1. The molecule has 0 aliphatic heterocycles. The van der Waals surface area contributed by atoms with Crippen molar-refractivity contribution in [2.24, 2.45) is 0 Å². The number of halogens is 1. The number of amides is 1. The summed E-state index contributed by atoms with van der Waals surface area (Å²) < 4.78 is 18.4. The Morgan fingerprint density at radius 1 is 1.20 bits per heavy atom. The summed E-state index contributed by atoms with van der Waals surface area (Å²) in [4.78, 5) is 25.7. The van der Waals surface area contributed by atoms with E-state index in [-0.39, 0.29) is 12.2 Å². The number of hydrogen-bond acceptors (Lipinski definition) is 5. The molecule has 4 nitrogen and oxygen atoms in total. The average molecular weight is 375 g/mol. The summed E-state index contributed by atoms with van der Waals surface area (Å²) >= 11 is 2.73. The first kappa shape index (κ1) is 17.3. The molecule has 7 heteroatoms. The highest BCUT2D eigenvalue weighted by Gasteiger charge is 2.23. The van der Waals surface area contributed by atoms with Gasteiger partial charge in [-0.15, -0.1) is 22.7 Å². The molecule has 0 bridgehead atoms. The lowest BCUT2D eigenvalue weighted by Crippen LogP contribution is -2.14. The van der Waals surface area contributed by atoms with Crippen molar-refractivity contribution >= 4 is 39.6 Å². The SMILES string of the molecule is CCOC(=O)c1c(-c2cccs2)csc1NC(=O)c1cccc(F)c1. The molecule has 0 aliphatic rings. The van der Waals surface area contributed by atoms with Crippen LogP contribution in [0.4, 0.5) is 9.39 Å². The summed E-state index contributed by atoms with van der Waals surface area (Å²) in [7, 11) is 0. The van der Waals surface area contributed by atoms with Crippen molar-refractivity contribution in [3.8, 4) is 10.4 Å². The van der Waals surface area contributed by atoms with Crippen LogP contribution in [-0.4, -0.2) is 18.5 Å². The minimum absolute atomic E-state index is 0.181. The largest absolute Gasteiger partial charge is 0.462 e. The first-order chi connectivity index (χ1) is 12.1. The highest BCUT2D eigenvalue weighted by Crippen LogP contribution is 2.38. The van der Waals surface area contributed by atoms with Crippen LogP contribution in [0.1, 0.15) is 27.6 Å². The molecule has 0 radical (unpaired) electrons. The number of ether oxygens (including phenoxy) is 1. The molecule has 25 heavy (non-hydrogen) atoms. The Kier molecular flexibility index (Phi) is 5.25. The molecular weight excluding hydrogens is 361 g/mol. The fourth-order valence-corrected chi connectivity index (χ4v) is 4.04. The van der Waals surface area contributed by atoms with Crippen LogP contribution in [0.5, 0.6) is 0 Å². The highest BCUT2D eigenvalue weighted by atomic mass is 32.1. The highest BCUT2D eigenvalue weighted by molar-refractivity contribution is 7.17. The van der Waals surface area contributed by atoms with E-state index in [0.717, 1.165) is 10.9 Å². The van der Waals surface area contributed by atoms with Gasteiger partial charge in [-0.05, 0) is 36.6 Å². The predicted molar refractivity (Wildman–Crippen MR) is 97.9 cm³/mol. The van der Waals surface area contributed by atoms with Gasteiger partial charge in [0.25, 0.3) is 5.91 Å². The Hall–Kier alpha value is -2.51. The third-order valence-electron chi connectivity index (χ3n) is 3.37. The quantitative estimate of drug-likeness (QED) is 0.635. The van der Waals surface area contributed by atoms with Crippen LogP contribution in [0, 0.1) is 5.82 Å². The van der Waals surface area contributed by atoms with E-state index in [1.807, 2.05) is 17.5 Å². The zero-order valence-corrected chi connectivity index (χ0v) is 14.9. The predicted octanol–water partition coefficient (Wildman–Crippen LogP) is 5.04. The second kappa shape index (κ2) is 7.58. The number of thiophene rings is 2. The third-order valence-corrected chi connectivity index (χ3v) is 5.17. The zero-order valence-electron chi connectivity index (χ0n) is 13.2. The first-order valence-electron chi connectivity index (χ1n) is 7.49. The van der Waals surface area contributed by atoms with Gasteiger partial charge < -0.3 is 10.1 Å². The van der Waals surface area contributed by atoms with E-state index in [1.54, 1.807) is 12.3 Å². The second-order valence-corrected chi connectivity index (χ2v) is 6.84. The number of carbonyl (C=O) groups is 2. The number of nitrogens with one attached hydrogen (secondary N) is 1. The van der Waals surface area contributed by atoms with Gasteiger partial charge in [-0.3, -0.25) is 4.79 Å². The van der Waals surface area contributed by atoms with Crippen molar-refractivity contribution in [3.05, 3.63) is 64.1 Å². The number of rotatable bonds is 5. The van der Waals surface area contributed by atoms with Gasteiger partial charge in [0.1, 0.15) is 16.4 Å². The van der Waals surface area contributed by atoms with Crippen molar-refractivity contribution in [1.29, 1.82) is 0 Å². The summed E-state index contributed by atoms with van der Waals surface area (Å²) in [5, 5.41) is 6.79. The summed E-state index contributed by atoms with van der Waals surface area (Å²) in [6.45, 7) is 1.95. The molecule has 0 saturated carbocycles. The van der Waals surface area contributed by atoms with Crippen LogP contribution in [-0.2, 0) is 4.74 Å². The molecule has 1 aromatic carbocycles. The lowest BCUT2D eigenvalue weighted by atomic mass is 10.1. The molecule has 1 amide bonds. The molecule has 0 saturated heterocycles. The summed E-state index contributed by atoms with van der Waals surface area (Å²) in [6, 6.07) is 9.16. The Morgan fingerprint density at radius 3 is 2.72 bits per heavy atom. The monoisotopic (exact) mass is 375 g/mol. The fraction of sp³-hybridized carbons (Fsp3) is 0.111. The number of anilines is 1. The molecule has 3 aromatic rings. The Bertz CT molecular complexity index is 903. The lowest BCUT2D eigenvalue weighted by Gasteiger charge is -2.08. The molecule has 128 valence electrons. The zero-order chi connectivity index (χ0) is 17.8. The molecular formula is C18H14FNO3S2. The topological polar surface area (TPSA) is 55.4 Å². The van der Waals surface area contributed by atoms with Gasteiger partial charge in [0.05, 0.1) is 6.61 Å². The van der Waals surface area contributed by atoms with Crippen LogP contribution in [0.25, 0.3) is 10.4 Å². The minimum atomic E-state index is -0.498. The van der Waals surface area contributed by atoms with Gasteiger partial charge >= 0.3 is 5.97 Å². The Balaban J connectivity index is 1.96. The van der Waals surface area contributed by atoms with E-state index in [0.29, 0.717) is 16.1 Å². The van der Waals surface area contributed by atoms with Gasteiger partial charge in [-0.1, -0.05) is 12.1 Å². The van der Waals surface area contributed by atoms with Gasteiger partial charge in [0, 0.05) is 21.4 Å². The van der Waals surface area contributed by atoms with Crippen LogP contribution < -0.4 is 5.32 Å². The van der Waals surface area contributed by atoms with Crippen LogP contribution in [0.3, 0.4) is 0 Å². The van der Waals surface area contributed by atoms with E-state index >= 15 is 0 Å². The third kappa shape index (κ3) is 3.78. The van der Waals surface area contributed by atoms with Gasteiger partial charge in [0.2, 0.25) is 0 Å². The standard InChI is InChI=1S/C18H14FNO3S2/c1-2-23-18(22)15-13(14-7-4-8-24-14)10-25-17(15)20-16(21)11-5-3-6-12(19)9-11/h3-10H,2H2,1H3,(H,20,21). The lowest BCUT2D eigenvalue weighted by molar-refractivity contribution is 0.0529. The van der Waals surface area contributed by atoms with Crippen molar-refractivity contribution in [1.82, 2.24) is 0 Å². The van der Waals surface area contributed by atoms with Crippen molar-refractivity contribution in [2.45, 2.75) is 6.92 Å². The fourth-order valence-electron chi connectivity index (χ4n) is 2.27. The van der Waals surface area contributed by atoms with Crippen LogP contribution in [0.2, 0.25) is 0 Å². The Morgan fingerprint density at radius 2 is 2.04 bits per heavy atom. The van der Waals surface area contributed by atoms with E-state index in [9.17, 15) is 14.0 Å². The average Bonchev–Trinajstić information content (AvgIpc) is 3.24. The minimum Gasteiger partial charge on any atom is -0.462 e. The first-order valence-corrected chi connectivity index (χ1v) is 9.25. The number of hydrogen-bond donors (Lipinski definition) is 1. The van der Waals surface area contributed by atoms with E-state index in [1.165, 1.54) is 40.9 Å². The Labute approximate surface area is 151 Å². The van der Waals surface area contributed by atoms with Crippen LogP contribution >= 0.6 is 22.7 Å². The molecule has 0 fully saturated rings. The smallest absolute Gasteiger partial charge is 0.341 e. The van der Waals surface area contributed by atoms with Crippen molar-refractivity contribution < 1.29 is 18.7 Å². The summed E-state index contributed by atoms with van der Waals surface area (Å²) in [6.07, 6.45) is 0. The number of carbonyl (C=O) groups excluding carboxylic acids is 2. The van der Waals surface area contributed by atoms with Crippen LogP contribution in [0.15, 0.2) is 47.2 Å². The molecule has 2 heterocycles. The molecule has 2 aromatic heterocycles. The molecule has 1 N–H and O–H groups in total. The van der Waals surface area contributed by atoms with E-state index in [4.69, 9.17) is 4.74 Å². The van der Waals surface area contributed by atoms with Gasteiger partial charge in [-0.25, -0.2) is 9.18 Å². The maximum absolute atomic E-state index is 13.3. The maximum atomic E-state index is 13.3. The van der Waals surface area contributed by atoms with Crippen molar-refractivity contribution in [3.63, 3.8) is 0 Å². The summed E-state index contributed by atoms with van der Waals surface area (Å²) in [5.41, 5.74) is 1.22. The molecule has 3 rings (SSSR count). The van der Waals surface area contributed by atoms with E-state index in [2.05, 4.69) is 5.32 Å². The normalized spacial score (nSPS) is 10.5. The maximum Gasteiger partial charge on any atom is 0.341 e. The summed E-state index contributed by atoms with van der Waals surface area (Å²) in [5.74, 6) is -1.48. The van der Waals surface area contributed by atoms with Gasteiger partial charge in [-0.2, -0.15) is 0 Å². The molecule has 0 unspecified atom stereocenters. The number of benzene rings is 1. The van der Waals surface area contributed by atoms with Gasteiger partial charge in [0.15, 0.2) is 0 Å². The van der Waals surface area contributed by atoms with E-state index < -0.39 is 17.7 Å².